The summed E-state index contributed by atoms with van der Waals surface area (Å²) >= 11 is 0. The Morgan fingerprint density at radius 1 is 1.11 bits per heavy atom. The fourth-order valence-corrected chi connectivity index (χ4v) is 2.12. The van der Waals surface area contributed by atoms with E-state index in [9.17, 15) is 4.79 Å². The van der Waals surface area contributed by atoms with E-state index in [-0.39, 0.29) is 5.56 Å². The average molecular weight is 254 g/mol. The summed E-state index contributed by atoms with van der Waals surface area (Å²) in [6.45, 7) is 2.08. The van der Waals surface area contributed by atoms with Gasteiger partial charge < -0.3 is 0 Å². The fourth-order valence-electron chi connectivity index (χ4n) is 2.12. The summed E-state index contributed by atoms with van der Waals surface area (Å²) in [5.74, 6) is 0.829. The van der Waals surface area contributed by atoms with Crippen LogP contribution >= 0.6 is 0 Å². The number of hydrogen-bond acceptors (Lipinski definition) is 3. The van der Waals surface area contributed by atoms with E-state index >= 15 is 0 Å². The lowest BCUT2D eigenvalue weighted by atomic mass is 10.3. The van der Waals surface area contributed by atoms with Crippen LogP contribution in [-0.2, 0) is 6.42 Å². The molecule has 3 aromatic rings. The number of aryl methyl sites for hydroxylation is 1. The third kappa shape index (κ3) is 1.93. The first-order chi connectivity index (χ1) is 9.31. The zero-order chi connectivity index (χ0) is 13.2. The number of nitrogens with zero attached hydrogens (tertiary/aromatic N) is 4. The molecule has 1 aromatic carbocycles. The highest BCUT2D eigenvalue weighted by Crippen LogP contribution is 2.06. The minimum absolute atomic E-state index is 0.149. The van der Waals surface area contributed by atoms with Crippen LogP contribution in [0, 0.1) is 0 Å². The predicted octanol–water partition coefficient (Wildman–Crippen LogP) is 1.83. The van der Waals surface area contributed by atoms with E-state index in [0.29, 0.717) is 5.65 Å². The van der Waals surface area contributed by atoms with E-state index in [1.54, 1.807) is 15.2 Å². The molecule has 96 valence electrons. The SMILES string of the molecule is CCCc1nnc2c(=O)n(-c3ccccc3)ccn12. The molecule has 0 amide bonds. The zero-order valence-electron chi connectivity index (χ0n) is 10.7. The molecule has 3 rings (SSSR count). The Bertz CT molecular complexity index is 758. The van der Waals surface area contributed by atoms with Gasteiger partial charge in [-0.3, -0.25) is 13.8 Å². The van der Waals surface area contributed by atoms with Gasteiger partial charge in [-0.2, -0.15) is 0 Å². The Labute approximate surface area is 110 Å². The maximum atomic E-state index is 12.4. The molecule has 0 unspecified atom stereocenters. The van der Waals surface area contributed by atoms with Crippen molar-refractivity contribution < 1.29 is 0 Å². The fraction of sp³-hybridized carbons (Fsp3) is 0.214. The second kappa shape index (κ2) is 4.68. The summed E-state index contributed by atoms with van der Waals surface area (Å²) in [6.07, 6.45) is 5.39. The zero-order valence-corrected chi connectivity index (χ0v) is 10.7. The quantitative estimate of drug-likeness (QED) is 0.716. The van der Waals surface area contributed by atoms with Gasteiger partial charge in [0.15, 0.2) is 0 Å². The Morgan fingerprint density at radius 2 is 1.89 bits per heavy atom. The van der Waals surface area contributed by atoms with Gasteiger partial charge in [0.25, 0.3) is 0 Å². The molecule has 0 aliphatic carbocycles. The highest BCUT2D eigenvalue weighted by molar-refractivity contribution is 5.40. The molecular formula is C14H14N4O. The smallest absolute Gasteiger partial charge is 0.280 e. The first kappa shape index (κ1) is 11.6. The van der Waals surface area contributed by atoms with Gasteiger partial charge in [-0.1, -0.05) is 25.1 Å². The Balaban J connectivity index is 2.20. The molecule has 0 radical (unpaired) electrons. The summed E-state index contributed by atoms with van der Waals surface area (Å²) in [4.78, 5) is 12.4. The van der Waals surface area contributed by atoms with Gasteiger partial charge in [-0.25, -0.2) is 0 Å². The highest BCUT2D eigenvalue weighted by Gasteiger charge is 2.10. The molecular weight excluding hydrogens is 240 g/mol. The summed E-state index contributed by atoms with van der Waals surface area (Å²) in [6, 6.07) is 9.50. The predicted molar refractivity (Wildman–Crippen MR) is 72.6 cm³/mol. The number of para-hydroxylation sites is 1. The van der Waals surface area contributed by atoms with Crippen LogP contribution in [-0.4, -0.2) is 19.2 Å². The molecule has 0 saturated heterocycles. The summed E-state index contributed by atoms with van der Waals surface area (Å²) < 4.78 is 3.35. The van der Waals surface area contributed by atoms with Gasteiger partial charge in [-0.05, 0) is 18.6 Å². The number of fused-ring (bicyclic) bond motifs is 1. The third-order valence-corrected chi connectivity index (χ3v) is 3.05. The van der Waals surface area contributed by atoms with Crippen molar-refractivity contribution in [1.29, 1.82) is 0 Å². The lowest BCUT2D eigenvalue weighted by Gasteiger charge is -2.05. The van der Waals surface area contributed by atoms with Crippen LogP contribution in [0.4, 0.5) is 0 Å². The van der Waals surface area contributed by atoms with Crippen molar-refractivity contribution in [2.45, 2.75) is 19.8 Å². The van der Waals surface area contributed by atoms with Crippen molar-refractivity contribution in [1.82, 2.24) is 19.2 Å². The lowest BCUT2D eigenvalue weighted by molar-refractivity contribution is 0.813. The maximum Gasteiger partial charge on any atom is 0.300 e. The van der Waals surface area contributed by atoms with Crippen molar-refractivity contribution in [3.63, 3.8) is 0 Å². The Morgan fingerprint density at radius 3 is 2.63 bits per heavy atom. The van der Waals surface area contributed by atoms with Crippen LogP contribution in [0.1, 0.15) is 19.2 Å². The molecule has 0 atom stereocenters. The lowest BCUT2D eigenvalue weighted by Crippen LogP contribution is -2.20. The van der Waals surface area contributed by atoms with Gasteiger partial charge >= 0.3 is 5.56 Å². The molecule has 2 heterocycles. The monoisotopic (exact) mass is 254 g/mol. The van der Waals surface area contributed by atoms with Crippen LogP contribution < -0.4 is 5.56 Å². The Hall–Kier alpha value is -2.43. The topological polar surface area (TPSA) is 52.2 Å². The molecule has 0 N–H and O–H groups in total. The van der Waals surface area contributed by atoms with Crippen LogP contribution in [0.5, 0.6) is 0 Å². The van der Waals surface area contributed by atoms with Crippen LogP contribution in [0.2, 0.25) is 0 Å². The summed E-state index contributed by atoms with van der Waals surface area (Å²) in [7, 11) is 0. The van der Waals surface area contributed by atoms with E-state index in [4.69, 9.17) is 0 Å². The van der Waals surface area contributed by atoms with Gasteiger partial charge in [0, 0.05) is 24.5 Å². The van der Waals surface area contributed by atoms with Crippen molar-refractivity contribution in [2.75, 3.05) is 0 Å². The van der Waals surface area contributed by atoms with Crippen LogP contribution in [0.3, 0.4) is 0 Å². The van der Waals surface area contributed by atoms with E-state index < -0.39 is 0 Å². The van der Waals surface area contributed by atoms with Gasteiger partial charge in [0.05, 0.1) is 0 Å². The number of rotatable bonds is 3. The van der Waals surface area contributed by atoms with E-state index in [1.807, 2.05) is 36.5 Å². The summed E-state index contributed by atoms with van der Waals surface area (Å²) in [5, 5.41) is 8.08. The average Bonchev–Trinajstić information content (AvgIpc) is 2.85. The molecule has 0 bridgehead atoms. The number of aromatic nitrogens is 4. The molecule has 5 heteroatoms. The van der Waals surface area contributed by atoms with Crippen molar-refractivity contribution in [3.8, 4) is 5.69 Å². The van der Waals surface area contributed by atoms with E-state index in [1.165, 1.54) is 0 Å². The normalized spacial score (nSPS) is 11.0. The van der Waals surface area contributed by atoms with Crippen molar-refractivity contribution >= 4 is 5.65 Å². The van der Waals surface area contributed by atoms with Crippen LogP contribution in [0.25, 0.3) is 11.3 Å². The van der Waals surface area contributed by atoms with Gasteiger partial charge in [0.1, 0.15) is 5.82 Å². The van der Waals surface area contributed by atoms with Crippen molar-refractivity contribution in [2.24, 2.45) is 0 Å². The molecule has 5 nitrogen and oxygen atoms in total. The van der Waals surface area contributed by atoms with Crippen molar-refractivity contribution in [3.05, 3.63) is 58.9 Å². The van der Waals surface area contributed by atoms with Crippen LogP contribution in [0.15, 0.2) is 47.5 Å². The minimum Gasteiger partial charge on any atom is -0.280 e. The largest absolute Gasteiger partial charge is 0.300 e. The standard InChI is InChI=1S/C14H14N4O/c1-2-6-12-15-16-13-14(19)17(9-10-18(12)13)11-7-4-3-5-8-11/h3-5,7-10H,2,6H2,1H3. The van der Waals surface area contributed by atoms with E-state index in [0.717, 1.165) is 24.4 Å². The molecule has 0 aliphatic heterocycles. The maximum absolute atomic E-state index is 12.4. The minimum atomic E-state index is -0.149. The molecule has 0 fully saturated rings. The van der Waals surface area contributed by atoms with Gasteiger partial charge in [-0.15, -0.1) is 10.2 Å². The number of benzene rings is 1. The second-order valence-electron chi connectivity index (χ2n) is 4.37. The van der Waals surface area contributed by atoms with E-state index in [2.05, 4.69) is 17.1 Å². The second-order valence-corrected chi connectivity index (χ2v) is 4.37. The number of hydrogen-bond donors (Lipinski definition) is 0. The summed E-state index contributed by atoms with van der Waals surface area (Å²) in [5.41, 5.74) is 1.05. The third-order valence-electron chi connectivity index (χ3n) is 3.05. The molecule has 2 aromatic heterocycles. The Kier molecular flexibility index (Phi) is 2.87. The molecule has 0 saturated carbocycles. The van der Waals surface area contributed by atoms with Gasteiger partial charge in [0.2, 0.25) is 5.65 Å². The first-order valence-electron chi connectivity index (χ1n) is 6.32. The molecule has 19 heavy (non-hydrogen) atoms. The molecule has 0 spiro atoms. The first-order valence-corrected chi connectivity index (χ1v) is 6.32. The highest BCUT2D eigenvalue weighted by atomic mass is 16.1. The molecule has 0 aliphatic rings.